The number of nitrogens with one attached hydrogen (secondary N) is 1. The average Bonchev–Trinajstić information content (AvgIpc) is 3.07. The number of carbonyl (C=O) groups excluding carboxylic acids is 1. The number of aromatic nitrogens is 2. The van der Waals surface area contributed by atoms with Crippen molar-refractivity contribution in [2.24, 2.45) is 0 Å². The van der Waals surface area contributed by atoms with E-state index < -0.39 is 5.60 Å². The molecule has 0 aliphatic heterocycles. The monoisotopic (exact) mass is 295 g/mol. The molecule has 7 heteroatoms. The Hall–Kier alpha value is -1.73. The summed E-state index contributed by atoms with van der Waals surface area (Å²) in [4.78, 5) is 12.6. The number of hydrogen-bond acceptors (Lipinski definition) is 6. The zero-order chi connectivity index (χ0) is 14.6. The van der Waals surface area contributed by atoms with Crippen LogP contribution in [-0.4, -0.2) is 27.1 Å². The SMILES string of the molecule is CCCc1nnsc1C(=O)NCC(C)(O)c1ccco1. The molecule has 108 valence electrons. The predicted octanol–water partition coefficient (Wildman–Crippen LogP) is 1.72. The second-order valence-electron chi connectivity index (χ2n) is 4.73. The highest BCUT2D eigenvalue weighted by Crippen LogP contribution is 2.20. The van der Waals surface area contributed by atoms with Gasteiger partial charge in [-0.15, -0.1) is 5.10 Å². The Bertz CT molecular complexity index is 563. The van der Waals surface area contributed by atoms with E-state index in [-0.39, 0.29) is 12.5 Å². The van der Waals surface area contributed by atoms with E-state index >= 15 is 0 Å². The van der Waals surface area contributed by atoms with Crippen LogP contribution >= 0.6 is 11.5 Å². The van der Waals surface area contributed by atoms with Gasteiger partial charge >= 0.3 is 0 Å². The van der Waals surface area contributed by atoms with E-state index in [9.17, 15) is 9.90 Å². The number of furan rings is 1. The van der Waals surface area contributed by atoms with Crippen molar-refractivity contribution in [3.63, 3.8) is 0 Å². The summed E-state index contributed by atoms with van der Waals surface area (Å²) in [6, 6.07) is 3.36. The van der Waals surface area contributed by atoms with Crippen molar-refractivity contribution in [2.75, 3.05) is 6.54 Å². The van der Waals surface area contributed by atoms with Crippen molar-refractivity contribution in [2.45, 2.75) is 32.3 Å². The average molecular weight is 295 g/mol. The molecule has 0 aromatic carbocycles. The summed E-state index contributed by atoms with van der Waals surface area (Å²) in [6.07, 6.45) is 3.10. The van der Waals surface area contributed by atoms with E-state index in [4.69, 9.17) is 4.42 Å². The van der Waals surface area contributed by atoms with Crippen LogP contribution in [0.4, 0.5) is 0 Å². The molecule has 0 saturated carbocycles. The van der Waals surface area contributed by atoms with Crippen molar-refractivity contribution in [3.05, 3.63) is 34.7 Å². The van der Waals surface area contributed by atoms with Crippen LogP contribution in [0.1, 0.15) is 41.4 Å². The summed E-state index contributed by atoms with van der Waals surface area (Å²) in [5.74, 6) is 0.143. The maximum atomic E-state index is 12.1. The third kappa shape index (κ3) is 3.23. The van der Waals surface area contributed by atoms with Crippen LogP contribution in [0, 0.1) is 0 Å². The summed E-state index contributed by atoms with van der Waals surface area (Å²) in [6.45, 7) is 3.66. The molecule has 0 aliphatic rings. The van der Waals surface area contributed by atoms with Gasteiger partial charge in [-0.25, -0.2) is 0 Å². The van der Waals surface area contributed by atoms with Gasteiger partial charge in [0, 0.05) is 0 Å². The van der Waals surface area contributed by atoms with Crippen molar-refractivity contribution in [1.82, 2.24) is 14.9 Å². The Morgan fingerprint density at radius 2 is 2.40 bits per heavy atom. The van der Waals surface area contributed by atoms with Gasteiger partial charge in [0.2, 0.25) is 0 Å². The first-order chi connectivity index (χ1) is 9.54. The third-order valence-corrected chi connectivity index (χ3v) is 3.66. The smallest absolute Gasteiger partial charge is 0.265 e. The molecule has 0 spiro atoms. The Labute approximate surface area is 121 Å². The summed E-state index contributed by atoms with van der Waals surface area (Å²) in [5.41, 5.74) is -0.546. The molecule has 0 saturated heterocycles. The molecule has 1 atom stereocenters. The second-order valence-corrected chi connectivity index (χ2v) is 5.49. The van der Waals surface area contributed by atoms with Gasteiger partial charge in [0.15, 0.2) is 0 Å². The molecule has 1 amide bonds. The van der Waals surface area contributed by atoms with Gasteiger partial charge in [-0.1, -0.05) is 17.8 Å². The summed E-state index contributed by atoms with van der Waals surface area (Å²) in [5, 5.41) is 16.9. The van der Waals surface area contributed by atoms with Crippen molar-refractivity contribution >= 4 is 17.4 Å². The summed E-state index contributed by atoms with van der Waals surface area (Å²) < 4.78 is 8.97. The Kier molecular flexibility index (Phi) is 4.51. The molecular formula is C13H17N3O3S. The minimum atomic E-state index is -1.25. The van der Waals surface area contributed by atoms with Gasteiger partial charge in [-0.2, -0.15) is 0 Å². The predicted molar refractivity (Wildman–Crippen MR) is 74.5 cm³/mol. The Morgan fingerprint density at radius 1 is 1.60 bits per heavy atom. The van der Waals surface area contributed by atoms with Gasteiger partial charge in [0.05, 0.1) is 18.5 Å². The molecule has 0 aliphatic carbocycles. The molecule has 2 aromatic heterocycles. The number of carbonyl (C=O) groups is 1. The van der Waals surface area contributed by atoms with Crippen molar-refractivity contribution in [1.29, 1.82) is 0 Å². The first kappa shape index (κ1) is 14.7. The topological polar surface area (TPSA) is 88.2 Å². The fourth-order valence-corrected chi connectivity index (χ4v) is 2.41. The lowest BCUT2D eigenvalue weighted by Gasteiger charge is -2.20. The number of amides is 1. The molecule has 0 radical (unpaired) electrons. The van der Waals surface area contributed by atoms with E-state index in [2.05, 4.69) is 14.9 Å². The number of nitrogens with zero attached hydrogens (tertiary/aromatic N) is 2. The summed E-state index contributed by atoms with van der Waals surface area (Å²) in [7, 11) is 0. The fraction of sp³-hybridized carbons (Fsp3) is 0.462. The normalized spacial score (nSPS) is 13.9. The highest BCUT2D eigenvalue weighted by molar-refractivity contribution is 7.08. The second kappa shape index (κ2) is 6.15. The lowest BCUT2D eigenvalue weighted by atomic mass is 10.0. The van der Waals surface area contributed by atoms with E-state index in [1.54, 1.807) is 19.1 Å². The summed E-state index contributed by atoms with van der Waals surface area (Å²) >= 11 is 1.07. The largest absolute Gasteiger partial charge is 0.466 e. The van der Waals surface area contributed by atoms with Crippen molar-refractivity contribution < 1.29 is 14.3 Å². The van der Waals surface area contributed by atoms with Crippen LogP contribution in [0.2, 0.25) is 0 Å². The van der Waals surface area contributed by atoms with E-state index in [1.807, 2.05) is 6.92 Å². The first-order valence-electron chi connectivity index (χ1n) is 6.40. The molecule has 2 rings (SSSR count). The van der Waals surface area contributed by atoms with Gasteiger partial charge in [0.25, 0.3) is 5.91 Å². The van der Waals surface area contributed by atoms with Gasteiger partial charge < -0.3 is 14.8 Å². The standard InChI is InChI=1S/C13H17N3O3S/c1-3-5-9-11(20-16-15-9)12(17)14-8-13(2,18)10-6-4-7-19-10/h4,6-7,18H,3,5,8H2,1-2H3,(H,14,17). The zero-order valence-corrected chi connectivity index (χ0v) is 12.2. The zero-order valence-electron chi connectivity index (χ0n) is 11.4. The molecule has 1 unspecified atom stereocenters. The van der Waals surface area contributed by atoms with Crippen LogP contribution in [0.5, 0.6) is 0 Å². The van der Waals surface area contributed by atoms with Crippen LogP contribution in [0.15, 0.2) is 22.8 Å². The van der Waals surface area contributed by atoms with Crippen LogP contribution in [0.25, 0.3) is 0 Å². The quantitative estimate of drug-likeness (QED) is 0.847. The van der Waals surface area contributed by atoms with Gasteiger partial charge in [0.1, 0.15) is 16.2 Å². The Morgan fingerprint density at radius 3 is 3.05 bits per heavy atom. The fourth-order valence-electron chi connectivity index (χ4n) is 1.79. The molecular weight excluding hydrogens is 278 g/mol. The van der Waals surface area contributed by atoms with E-state index in [0.717, 1.165) is 18.0 Å². The Balaban J connectivity index is 2.00. The lowest BCUT2D eigenvalue weighted by Crippen LogP contribution is -2.38. The third-order valence-electron chi connectivity index (χ3n) is 2.89. The van der Waals surface area contributed by atoms with Crippen molar-refractivity contribution in [3.8, 4) is 0 Å². The molecule has 0 bridgehead atoms. The van der Waals surface area contributed by atoms with Gasteiger partial charge in [-0.3, -0.25) is 4.79 Å². The minimum Gasteiger partial charge on any atom is -0.466 e. The number of aryl methyl sites for hydroxylation is 1. The maximum Gasteiger partial charge on any atom is 0.265 e. The maximum absolute atomic E-state index is 12.1. The number of aliphatic hydroxyl groups is 1. The van der Waals surface area contributed by atoms with Crippen LogP contribution in [0.3, 0.4) is 0 Å². The van der Waals surface area contributed by atoms with Crippen LogP contribution < -0.4 is 5.32 Å². The number of hydrogen-bond donors (Lipinski definition) is 2. The first-order valence-corrected chi connectivity index (χ1v) is 7.17. The molecule has 2 N–H and O–H groups in total. The molecule has 6 nitrogen and oxygen atoms in total. The van der Waals surface area contributed by atoms with Gasteiger partial charge in [-0.05, 0) is 37.0 Å². The van der Waals surface area contributed by atoms with E-state index in [1.165, 1.54) is 6.26 Å². The van der Waals surface area contributed by atoms with E-state index in [0.29, 0.717) is 22.8 Å². The molecule has 0 fully saturated rings. The number of rotatable bonds is 6. The minimum absolute atomic E-state index is 0.0583. The molecule has 2 aromatic rings. The molecule has 20 heavy (non-hydrogen) atoms. The van der Waals surface area contributed by atoms with Crippen LogP contribution in [-0.2, 0) is 12.0 Å². The molecule has 2 heterocycles. The highest BCUT2D eigenvalue weighted by atomic mass is 32.1. The lowest BCUT2D eigenvalue weighted by molar-refractivity contribution is 0.0331. The highest BCUT2D eigenvalue weighted by Gasteiger charge is 2.27.